The number of benzene rings is 4. The van der Waals surface area contributed by atoms with Crippen molar-refractivity contribution < 1.29 is 17.9 Å². The number of piperazine rings is 1. The summed E-state index contributed by atoms with van der Waals surface area (Å²) in [6.07, 6.45) is 0. The SMILES string of the molecule is COc1ccccc1N1CCN(Cc2ccc(C(=O)Nc3ccc(S(=O)(=O)Nc4ccc(C)c(C)c4)cc3)cc2)CC1. The Morgan fingerprint density at radius 2 is 1.48 bits per heavy atom. The molecule has 1 saturated heterocycles. The first-order valence-electron chi connectivity index (χ1n) is 13.9. The second kappa shape index (κ2) is 12.7. The average molecular weight is 585 g/mol. The highest BCUT2D eigenvalue weighted by Gasteiger charge is 2.20. The summed E-state index contributed by atoms with van der Waals surface area (Å²) >= 11 is 0. The summed E-state index contributed by atoms with van der Waals surface area (Å²) in [6, 6.07) is 27.3. The molecule has 1 aliphatic rings. The van der Waals surface area contributed by atoms with Crippen LogP contribution in [0.1, 0.15) is 27.0 Å². The van der Waals surface area contributed by atoms with Crippen LogP contribution < -0.4 is 19.7 Å². The monoisotopic (exact) mass is 584 g/mol. The second-order valence-corrected chi connectivity index (χ2v) is 12.2. The number of para-hydroxylation sites is 2. The highest BCUT2D eigenvalue weighted by Crippen LogP contribution is 2.28. The Hall–Kier alpha value is -4.34. The summed E-state index contributed by atoms with van der Waals surface area (Å²) in [4.78, 5) is 17.7. The molecule has 1 amide bonds. The van der Waals surface area contributed by atoms with Crippen LogP contribution in [0.3, 0.4) is 0 Å². The Balaban J connectivity index is 1.13. The molecule has 0 unspecified atom stereocenters. The average Bonchev–Trinajstić information content (AvgIpc) is 3.00. The highest BCUT2D eigenvalue weighted by molar-refractivity contribution is 7.92. The van der Waals surface area contributed by atoms with Gasteiger partial charge in [-0.15, -0.1) is 0 Å². The quantitative estimate of drug-likeness (QED) is 0.263. The summed E-state index contributed by atoms with van der Waals surface area (Å²) in [5, 5.41) is 2.85. The summed E-state index contributed by atoms with van der Waals surface area (Å²) in [7, 11) is -2.05. The van der Waals surface area contributed by atoms with Gasteiger partial charge < -0.3 is 15.0 Å². The van der Waals surface area contributed by atoms with Gasteiger partial charge in [0.15, 0.2) is 0 Å². The smallest absolute Gasteiger partial charge is 0.261 e. The Kier molecular flexibility index (Phi) is 8.80. The number of rotatable bonds is 9. The minimum absolute atomic E-state index is 0.117. The van der Waals surface area contributed by atoms with E-state index in [-0.39, 0.29) is 10.8 Å². The summed E-state index contributed by atoms with van der Waals surface area (Å²) in [5.41, 5.74) is 5.92. The molecule has 218 valence electrons. The van der Waals surface area contributed by atoms with Crippen LogP contribution >= 0.6 is 0 Å². The van der Waals surface area contributed by atoms with E-state index in [1.807, 2.05) is 62.4 Å². The molecule has 0 saturated carbocycles. The van der Waals surface area contributed by atoms with Gasteiger partial charge in [-0.25, -0.2) is 8.42 Å². The van der Waals surface area contributed by atoms with Gasteiger partial charge in [0.25, 0.3) is 15.9 Å². The van der Waals surface area contributed by atoms with Gasteiger partial charge in [0, 0.05) is 49.7 Å². The lowest BCUT2D eigenvalue weighted by Crippen LogP contribution is -2.46. The van der Waals surface area contributed by atoms with Crippen molar-refractivity contribution in [1.29, 1.82) is 0 Å². The van der Waals surface area contributed by atoms with Crippen LogP contribution in [0, 0.1) is 13.8 Å². The first-order valence-corrected chi connectivity index (χ1v) is 15.4. The zero-order valence-electron chi connectivity index (χ0n) is 24.1. The molecule has 0 bridgehead atoms. The zero-order chi connectivity index (χ0) is 29.7. The van der Waals surface area contributed by atoms with Crippen LogP contribution in [0.2, 0.25) is 0 Å². The van der Waals surface area contributed by atoms with Crippen molar-refractivity contribution in [3.8, 4) is 5.75 Å². The summed E-state index contributed by atoms with van der Waals surface area (Å²) in [6.45, 7) is 8.43. The van der Waals surface area contributed by atoms with E-state index in [1.54, 1.807) is 31.4 Å². The fourth-order valence-electron chi connectivity index (χ4n) is 5.00. The number of hydrogen-bond donors (Lipinski definition) is 2. The maximum absolute atomic E-state index is 12.9. The lowest BCUT2D eigenvalue weighted by molar-refractivity contribution is 0.102. The Labute approximate surface area is 248 Å². The third-order valence-electron chi connectivity index (χ3n) is 7.60. The van der Waals surface area contributed by atoms with Crippen LogP contribution in [-0.2, 0) is 16.6 Å². The van der Waals surface area contributed by atoms with Crippen molar-refractivity contribution >= 4 is 33.0 Å². The van der Waals surface area contributed by atoms with Crippen LogP contribution in [0.15, 0.2) is 95.9 Å². The molecule has 0 atom stereocenters. The molecule has 4 aromatic rings. The van der Waals surface area contributed by atoms with Crippen LogP contribution in [-0.4, -0.2) is 52.5 Å². The van der Waals surface area contributed by atoms with Crippen LogP contribution in [0.5, 0.6) is 5.75 Å². The number of hydrogen-bond acceptors (Lipinski definition) is 6. The summed E-state index contributed by atoms with van der Waals surface area (Å²) in [5.74, 6) is 0.641. The van der Waals surface area contributed by atoms with Gasteiger partial charge in [0.05, 0.1) is 17.7 Å². The van der Waals surface area contributed by atoms with Crippen molar-refractivity contribution in [2.45, 2.75) is 25.3 Å². The molecule has 9 heteroatoms. The van der Waals surface area contributed by atoms with E-state index in [0.29, 0.717) is 16.9 Å². The molecule has 0 spiro atoms. The number of amides is 1. The summed E-state index contributed by atoms with van der Waals surface area (Å²) < 4.78 is 33.8. The van der Waals surface area contributed by atoms with Gasteiger partial charge >= 0.3 is 0 Å². The van der Waals surface area contributed by atoms with Gasteiger partial charge in [-0.1, -0.05) is 30.3 Å². The van der Waals surface area contributed by atoms with E-state index in [2.05, 4.69) is 25.9 Å². The zero-order valence-corrected chi connectivity index (χ0v) is 24.9. The topological polar surface area (TPSA) is 91.0 Å². The highest BCUT2D eigenvalue weighted by atomic mass is 32.2. The van der Waals surface area contributed by atoms with E-state index in [9.17, 15) is 13.2 Å². The Morgan fingerprint density at radius 1 is 0.810 bits per heavy atom. The molecule has 0 aromatic heterocycles. The Bertz CT molecular complexity index is 1650. The number of nitrogens with one attached hydrogen (secondary N) is 2. The molecule has 0 radical (unpaired) electrons. The molecule has 1 heterocycles. The molecular formula is C33H36N4O4S. The first kappa shape index (κ1) is 29.2. The maximum atomic E-state index is 12.9. The van der Waals surface area contributed by atoms with Crippen LogP contribution in [0.4, 0.5) is 17.1 Å². The fourth-order valence-corrected chi connectivity index (χ4v) is 6.05. The molecule has 1 fully saturated rings. The molecular weight excluding hydrogens is 548 g/mol. The molecule has 4 aromatic carbocycles. The number of aryl methyl sites for hydroxylation is 2. The van der Waals surface area contributed by atoms with Gasteiger partial charge in [-0.3, -0.25) is 14.4 Å². The standard InChI is InChI=1S/C33H36N4O4S/c1-24-8-13-29(22-25(24)2)35-42(39,40)30-16-14-28(15-17-30)34-33(38)27-11-9-26(10-12-27)23-36-18-20-37(21-19-36)31-6-4-5-7-32(31)41-3/h4-17,22,35H,18-21,23H2,1-3H3,(H,34,38). The van der Waals surface area contributed by atoms with Crippen molar-refractivity contribution in [2.24, 2.45) is 0 Å². The van der Waals surface area contributed by atoms with Gasteiger partial charge in [0.1, 0.15) is 5.75 Å². The van der Waals surface area contributed by atoms with Crippen molar-refractivity contribution in [2.75, 3.05) is 48.2 Å². The molecule has 8 nitrogen and oxygen atoms in total. The van der Waals surface area contributed by atoms with E-state index in [1.165, 1.54) is 12.1 Å². The number of nitrogens with zero attached hydrogens (tertiary/aromatic N) is 2. The normalized spacial score (nSPS) is 13.9. The van der Waals surface area contributed by atoms with E-state index < -0.39 is 10.0 Å². The van der Waals surface area contributed by atoms with Crippen molar-refractivity contribution in [3.63, 3.8) is 0 Å². The van der Waals surface area contributed by atoms with Crippen molar-refractivity contribution in [1.82, 2.24) is 4.90 Å². The number of anilines is 3. The van der Waals surface area contributed by atoms with E-state index >= 15 is 0 Å². The van der Waals surface area contributed by atoms with Gasteiger partial charge in [-0.05, 0) is 91.2 Å². The number of sulfonamides is 1. The molecule has 5 rings (SSSR count). The van der Waals surface area contributed by atoms with Gasteiger partial charge in [-0.2, -0.15) is 0 Å². The number of carbonyl (C=O) groups excluding carboxylic acids is 1. The predicted octanol–water partition coefficient (Wildman–Crippen LogP) is 5.69. The largest absolute Gasteiger partial charge is 0.495 e. The maximum Gasteiger partial charge on any atom is 0.261 e. The minimum atomic E-state index is -3.75. The molecule has 1 aliphatic heterocycles. The van der Waals surface area contributed by atoms with E-state index in [0.717, 1.165) is 60.9 Å². The number of carbonyl (C=O) groups is 1. The Morgan fingerprint density at radius 3 is 2.14 bits per heavy atom. The lowest BCUT2D eigenvalue weighted by atomic mass is 10.1. The number of ether oxygens (including phenoxy) is 1. The second-order valence-electron chi connectivity index (χ2n) is 10.5. The third kappa shape index (κ3) is 6.92. The van der Waals surface area contributed by atoms with Crippen molar-refractivity contribution in [3.05, 3.63) is 113 Å². The fraction of sp³-hybridized carbons (Fsp3) is 0.242. The molecule has 0 aliphatic carbocycles. The lowest BCUT2D eigenvalue weighted by Gasteiger charge is -2.36. The number of methoxy groups -OCH3 is 1. The van der Waals surface area contributed by atoms with Gasteiger partial charge in [0.2, 0.25) is 0 Å². The van der Waals surface area contributed by atoms with E-state index in [4.69, 9.17) is 4.74 Å². The van der Waals surface area contributed by atoms with Crippen LogP contribution in [0.25, 0.3) is 0 Å². The third-order valence-corrected chi connectivity index (χ3v) is 9.00. The predicted molar refractivity (Wildman–Crippen MR) is 168 cm³/mol. The molecule has 42 heavy (non-hydrogen) atoms. The first-order chi connectivity index (χ1) is 20.2. The molecule has 2 N–H and O–H groups in total. The minimum Gasteiger partial charge on any atom is -0.495 e.